The molecule has 0 aromatic heterocycles. The molecule has 1 amide bonds. The Bertz CT molecular complexity index is 1330. The SMILES string of the molecule is CC(=O)C(C)C.CC(C)C(=O)N=[N+]=[N-].CC(C)C(=O)O.CC(C)N=C=O.CC(C)N=C=S.CC(C)S(=O)(=O)Br.CC(C)S(=O)(=O)Cl.CC(C)S(=O)(=O)I. The molecular formula is C30H60BrClIN5O11S4. The van der Waals surface area contributed by atoms with Crippen molar-refractivity contribution in [2.45, 2.75) is 146 Å². The van der Waals surface area contributed by atoms with Crippen LogP contribution in [0.3, 0.4) is 0 Å². The quantitative estimate of drug-likeness (QED) is 0.0349. The number of ketones is 1. The molecule has 0 aliphatic carbocycles. The van der Waals surface area contributed by atoms with Crippen LogP contribution in [0.15, 0.2) is 15.1 Å². The molecule has 0 rings (SSSR count). The molecule has 316 valence electrons. The summed E-state index contributed by atoms with van der Waals surface area (Å²) in [4.78, 5) is 48.8. The standard InChI is InChI=1S/C5H10O.C4H7N3O.C4H7NO.C4H7NS.C4H8O2.C3H7BrO2S.C3H7ClO2S.C3H7IO2S/c1-4(2)5(3)6;1-3(2)4(8)6-7-5;2*1-4(2)5-3-6;1-3(2)4(5)6;3*1-3(2)7(4,5)6/h4H,1-3H3;3H,1-2H3;2*4H,1-2H3;3H,1-2H3,(H,5,6);3*3H,1-2H3. The highest BCUT2D eigenvalue weighted by Crippen LogP contribution is 2.08. The second-order valence-electron chi connectivity index (χ2n) is 12.1. The van der Waals surface area contributed by atoms with Gasteiger partial charge in [-0.05, 0) is 99.0 Å². The first-order valence-electron chi connectivity index (χ1n) is 15.6. The largest absolute Gasteiger partial charge is 0.481 e. The Morgan fingerprint density at radius 3 is 1.02 bits per heavy atom. The maximum Gasteiger partial charge on any atom is 0.305 e. The molecule has 0 saturated heterocycles. The fourth-order valence-corrected chi connectivity index (χ4v) is 0.581. The number of aliphatic imine (C=N–C) groups is 2. The van der Waals surface area contributed by atoms with E-state index in [9.17, 15) is 44.4 Å². The highest BCUT2D eigenvalue weighted by Gasteiger charge is 2.10. The van der Waals surface area contributed by atoms with Crippen molar-refractivity contribution < 1.29 is 49.5 Å². The van der Waals surface area contributed by atoms with Gasteiger partial charge in [0.15, 0.2) is 0 Å². The number of carbonyl (C=O) groups is 3. The number of nitrogens with zero attached hydrogens (tertiary/aromatic N) is 5. The Balaban J connectivity index is -0.0000000729. The van der Waals surface area contributed by atoms with Gasteiger partial charge in [0.05, 0.1) is 74.9 Å². The number of thiocarbonyl (C=S) groups is 1. The van der Waals surface area contributed by atoms with Gasteiger partial charge in [0, 0.05) is 27.4 Å². The van der Waals surface area contributed by atoms with Gasteiger partial charge in [-0.3, -0.25) is 14.4 Å². The zero-order valence-electron chi connectivity index (χ0n) is 33.7. The number of carbonyl (C=O) groups excluding carboxylic acids is 3. The van der Waals surface area contributed by atoms with Crippen LogP contribution in [0.1, 0.15) is 118 Å². The molecule has 16 nitrogen and oxygen atoms in total. The van der Waals surface area contributed by atoms with Crippen molar-refractivity contribution in [2.75, 3.05) is 0 Å². The second-order valence-corrected chi connectivity index (χ2v) is 25.7. The molecule has 0 aromatic carbocycles. The van der Waals surface area contributed by atoms with Gasteiger partial charge in [0.25, 0.3) is 0 Å². The molecule has 0 aliphatic heterocycles. The van der Waals surface area contributed by atoms with E-state index in [1.54, 1.807) is 62.3 Å². The molecule has 0 fully saturated rings. The van der Waals surface area contributed by atoms with Gasteiger partial charge in [-0.15, -0.1) is 0 Å². The third-order valence-electron chi connectivity index (χ3n) is 4.26. The van der Waals surface area contributed by atoms with Crippen LogP contribution in [0.4, 0.5) is 0 Å². The number of aliphatic carboxylic acids is 1. The number of carboxylic acids is 1. The van der Waals surface area contributed by atoms with Crippen LogP contribution >= 0.6 is 58.9 Å². The zero-order chi connectivity index (χ0) is 45.1. The Labute approximate surface area is 347 Å². The minimum absolute atomic E-state index is 0.0995. The summed E-state index contributed by atoms with van der Waals surface area (Å²) in [5, 5.41) is 12.1. The second kappa shape index (κ2) is 40.3. The van der Waals surface area contributed by atoms with E-state index in [1.807, 2.05) is 41.5 Å². The topological polar surface area (TPSA) is 264 Å². The number of halogens is 3. The van der Waals surface area contributed by atoms with E-state index >= 15 is 0 Å². The van der Waals surface area contributed by atoms with Gasteiger partial charge in [-0.25, -0.2) is 40.0 Å². The predicted molar refractivity (Wildman–Crippen MR) is 231 cm³/mol. The number of hydrogen-bond acceptors (Lipinski definition) is 13. The molecule has 0 bridgehead atoms. The summed E-state index contributed by atoms with van der Waals surface area (Å²) in [6.45, 7) is 29.2. The van der Waals surface area contributed by atoms with E-state index in [1.165, 1.54) is 41.1 Å². The van der Waals surface area contributed by atoms with Crippen LogP contribution in [-0.4, -0.2) is 87.1 Å². The average molecular weight is 1040 g/mol. The van der Waals surface area contributed by atoms with Crippen LogP contribution < -0.4 is 0 Å². The minimum Gasteiger partial charge on any atom is -0.481 e. The predicted octanol–water partition coefficient (Wildman–Crippen LogP) is 8.91. The molecular weight excluding hydrogens is 977 g/mol. The van der Waals surface area contributed by atoms with Gasteiger partial charge >= 0.3 is 5.97 Å². The lowest BCUT2D eigenvalue weighted by Crippen LogP contribution is -2.04. The van der Waals surface area contributed by atoms with Crippen molar-refractivity contribution in [3.8, 4) is 0 Å². The summed E-state index contributed by atoms with van der Waals surface area (Å²) in [5.41, 5.74) is 7.72. The van der Waals surface area contributed by atoms with E-state index < -0.39 is 41.5 Å². The highest BCUT2D eigenvalue weighted by atomic mass is 127. The van der Waals surface area contributed by atoms with Crippen LogP contribution in [-0.2, 0) is 43.5 Å². The number of hydrogen-bond donors (Lipinski definition) is 1. The Hall–Kier alpha value is -1.35. The number of Topliss-reactive ketones (excluding diaryl/α,β-unsaturated/α-hetero) is 1. The van der Waals surface area contributed by atoms with Crippen molar-refractivity contribution in [1.82, 2.24) is 0 Å². The molecule has 0 aromatic rings. The van der Waals surface area contributed by atoms with Crippen LogP contribution in [0.2, 0.25) is 0 Å². The van der Waals surface area contributed by atoms with Gasteiger partial charge in [0.2, 0.25) is 36.3 Å². The molecule has 0 heterocycles. The van der Waals surface area contributed by atoms with Crippen molar-refractivity contribution in [1.29, 1.82) is 0 Å². The summed E-state index contributed by atoms with van der Waals surface area (Å²) in [6.07, 6.45) is 1.44. The van der Waals surface area contributed by atoms with Crippen molar-refractivity contribution in [3.63, 3.8) is 0 Å². The lowest BCUT2D eigenvalue weighted by Gasteiger charge is -1.94. The first-order chi connectivity index (χ1) is 23.3. The lowest BCUT2D eigenvalue weighted by molar-refractivity contribution is -0.140. The molecule has 53 heavy (non-hydrogen) atoms. The summed E-state index contributed by atoms with van der Waals surface area (Å²) in [7, 11) is -4.13. The van der Waals surface area contributed by atoms with Gasteiger partial charge in [-0.1, -0.05) is 41.5 Å². The van der Waals surface area contributed by atoms with Crippen LogP contribution in [0, 0.1) is 17.8 Å². The van der Waals surface area contributed by atoms with Crippen molar-refractivity contribution in [2.24, 2.45) is 32.9 Å². The number of amides is 1. The molecule has 0 radical (unpaired) electrons. The fraction of sp³-hybridized carbons (Fsp3) is 0.833. The fourth-order valence-electron chi connectivity index (χ4n) is 0.370. The molecule has 23 heteroatoms. The van der Waals surface area contributed by atoms with Crippen LogP contribution in [0.25, 0.3) is 10.4 Å². The Morgan fingerprint density at radius 2 is 1.00 bits per heavy atom. The van der Waals surface area contributed by atoms with Gasteiger partial charge in [0.1, 0.15) is 5.78 Å². The maximum atomic E-state index is 10.3. The smallest absolute Gasteiger partial charge is 0.305 e. The molecule has 0 spiro atoms. The summed E-state index contributed by atoms with van der Waals surface area (Å²) in [6, 6.07) is 0.407. The summed E-state index contributed by atoms with van der Waals surface area (Å²) in [5.74, 6) is -1.10. The minimum atomic E-state index is -3.27. The van der Waals surface area contributed by atoms with E-state index in [-0.39, 0.29) is 40.1 Å². The van der Waals surface area contributed by atoms with E-state index in [2.05, 4.69) is 52.2 Å². The highest BCUT2D eigenvalue weighted by molar-refractivity contribution is 14.2. The van der Waals surface area contributed by atoms with Gasteiger partial charge < -0.3 is 5.11 Å². The Morgan fingerprint density at radius 1 is 0.736 bits per heavy atom. The molecule has 0 saturated carbocycles. The van der Waals surface area contributed by atoms with E-state index in [0.717, 1.165) is 0 Å². The normalized spacial score (nSPS) is 10.1. The van der Waals surface area contributed by atoms with Crippen molar-refractivity contribution >= 4 is 112 Å². The lowest BCUT2D eigenvalue weighted by atomic mass is 10.1. The first-order valence-corrected chi connectivity index (χ1v) is 25.9. The van der Waals surface area contributed by atoms with E-state index in [4.69, 9.17) is 21.3 Å². The van der Waals surface area contributed by atoms with Gasteiger partial charge in [-0.2, -0.15) is 0 Å². The first kappa shape index (κ1) is 69.5. The number of azide groups is 1. The van der Waals surface area contributed by atoms with Crippen molar-refractivity contribution in [3.05, 3.63) is 10.4 Å². The zero-order valence-corrected chi connectivity index (χ0v) is 41.4. The van der Waals surface area contributed by atoms with E-state index in [0.29, 0.717) is 6.04 Å². The summed E-state index contributed by atoms with van der Waals surface area (Å²) < 4.78 is 61.3. The molecule has 0 aliphatic rings. The van der Waals surface area contributed by atoms with Crippen LogP contribution in [0.5, 0.6) is 0 Å². The number of isocyanates is 1. The molecule has 0 atom stereocenters. The summed E-state index contributed by atoms with van der Waals surface area (Å²) >= 11 is 8.27. The average Bonchev–Trinajstić information content (AvgIpc) is 2.93. The number of carboxylic acid groups (broad SMARTS) is 1. The molecule has 0 unspecified atom stereocenters. The maximum absolute atomic E-state index is 10.3. The Kier molecular flexibility index (Phi) is 52.9. The molecule has 1 N–H and O–H groups in total. The number of isothiocyanates is 1. The third kappa shape index (κ3) is 84.6. The monoisotopic (exact) mass is 1040 g/mol. The number of rotatable bonds is 8. The third-order valence-corrected chi connectivity index (χ3v) is 14.1.